The predicted molar refractivity (Wildman–Crippen MR) is 94.3 cm³/mol. The topological polar surface area (TPSA) is 66.5 Å². The summed E-state index contributed by atoms with van der Waals surface area (Å²) < 4.78 is 1.75. The normalized spacial score (nSPS) is 14.0. The molecule has 0 aliphatic heterocycles. The lowest BCUT2D eigenvalue weighted by Gasteiger charge is -2.22. The van der Waals surface area contributed by atoms with Crippen LogP contribution in [0.1, 0.15) is 17.2 Å². The van der Waals surface area contributed by atoms with Gasteiger partial charge in [-0.05, 0) is 43.5 Å². The molecule has 0 radical (unpaired) electrons. The summed E-state index contributed by atoms with van der Waals surface area (Å²) in [6, 6.07) is 10.7. The summed E-state index contributed by atoms with van der Waals surface area (Å²) in [6.45, 7) is 0. The quantitative estimate of drug-likeness (QED) is 0.613. The smallest absolute Gasteiger partial charge is 0.144 e. The predicted octanol–water partition coefficient (Wildman–Crippen LogP) is 4.28. The fourth-order valence-electron chi connectivity index (χ4n) is 2.08. The number of benzene rings is 2. The van der Waals surface area contributed by atoms with Gasteiger partial charge in [-0.25, -0.2) is 0 Å². The van der Waals surface area contributed by atoms with Crippen LogP contribution in [0.25, 0.3) is 0 Å². The highest BCUT2D eigenvalue weighted by Gasteiger charge is 2.24. The molecule has 0 unspecified atom stereocenters. The van der Waals surface area contributed by atoms with Gasteiger partial charge in [0.1, 0.15) is 5.75 Å². The highest BCUT2D eigenvalue weighted by Crippen LogP contribution is 2.42. The Morgan fingerprint density at radius 1 is 1.05 bits per heavy atom. The minimum Gasteiger partial charge on any atom is -0.506 e. The van der Waals surface area contributed by atoms with Crippen LogP contribution in [0.15, 0.2) is 49.8 Å². The zero-order chi connectivity index (χ0) is 15.6. The van der Waals surface area contributed by atoms with E-state index >= 15 is 0 Å². The molecule has 4 N–H and O–H groups in total. The van der Waals surface area contributed by atoms with Gasteiger partial charge in [-0.2, -0.15) is 0 Å². The molecule has 0 aromatic heterocycles. The average molecular weight is 480 g/mol. The zero-order valence-corrected chi connectivity index (χ0v) is 15.7. The van der Waals surface area contributed by atoms with E-state index in [0.29, 0.717) is 20.9 Å². The fourth-order valence-corrected chi connectivity index (χ4v) is 4.72. The van der Waals surface area contributed by atoms with Crippen molar-refractivity contribution in [1.29, 1.82) is 0 Å². The van der Waals surface area contributed by atoms with E-state index in [4.69, 9.17) is 5.73 Å². The minimum atomic E-state index is -0.763. The highest BCUT2D eigenvalue weighted by molar-refractivity contribution is 9.11. The van der Waals surface area contributed by atoms with Crippen molar-refractivity contribution in [2.45, 2.75) is 18.6 Å². The lowest BCUT2D eigenvalue weighted by molar-refractivity contribution is 0.144. The van der Waals surface area contributed by atoms with Gasteiger partial charge < -0.3 is 15.9 Å². The van der Waals surface area contributed by atoms with Crippen molar-refractivity contribution >= 4 is 47.8 Å². The van der Waals surface area contributed by atoms with Gasteiger partial charge in [0.2, 0.25) is 0 Å². The molecule has 0 aliphatic rings. The van der Waals surface area contributed by atoms with Gasteiger partial charge in [-0.15, -0.1) is 0 Å². The standard InChI is InChI=1S/C15H14Br3NO2/c16-9-7-10(17)15(21)13(18)12(9)14(19)11(20)6-8-4-2-1-3-5-8/h1-5,7,11,14,20-21H,6,19H2/t11-,14-/m1/s1. The van der Waals surface area contributed by atoms with Gasteiger partial charge in [0.05, 0.1) is 21.1 Å². The average Bonchev–Trinajstić information content (AvgIpc) is 2.45. The number of phenols is 1. The summed E-state index contributed by atoms with van der Waals surface area (Å²) in [7, 11) is 0. The van der Waals surface area contributed by atoms with Crippen LogP contribution < -0.4 is 5.73 Å². The maximum atomic E-state index is 10.4. The molecular formula is C15H14Br3NO2. The van der Waals surface area contributed by atoms with E-state index in [1.807, 2.05) is 30.3 Å². The third-order valence-electron chi connectivity index (χ3n) is 3.22. The molecule has 21 heavy (non-hydrogen) atoms. The Bertz CT molecular complexity index is 635. The van der Waals surface area contributed by atoms with E-state index in [1.165, 1.54) is 0 Å². The summed E-state index contributed by atoms with van der Waals surface area (Å²) in [5.41, 5.74) is 7.82. The van der Waals surface area contributed by atoms with E-state index in [1.54, 1.807) is 6.07 Å². The molecule has 0 amide bonds. The van der Waals surface area contributed by atoms with Crippen LogP contribution in [-0.2, 0) is 6.42 Å². The lowest BCUT2D eigenvalue weighted by atomic mass is 9.96. The molecule has 3 nitrogen and oxygen atoms in total. The first-order valence-electron chi connectivity index (χ1n) is 6.25. The van der Waals surface area contributed by atoms with E-state index in [9.17, 15) is 10.2 Å². The number of rotatable bonds is 4. The number of aliphatic hydroxyl groups is 1. The van der Waals surface area contributed by atoms with Gasteiger partial charge in [0.15, 0.2) is 0 Å². The molecule has 0 bridgehead atoms. The van der Waals surface area contributed by atoms with E-state index in [0.717, 1.165) is 10.0 Å². The summed E-state index contributed by atoms with van der Waals surface area (Å²) in [5, 5.41) is 20.4. The third-order valence-corrected chi connectivity index (χ3v) is 5.28. The lowest BCUT2D eigenvalue weighted by Crippen LogP contribution is -2.28. The number of halogens is 3. The first-order chi connectivity index (χ1) is 9.91. The summed E-state index contributed by atoms with van der Waals surface area (Å²) in [6.07, 6.45) is -0.321. The second kappa shape index (κ2) is 7.24. The van der Waals surface area contributed by atoms with Crippen molar-refractivity contribution < 1.29 is 10.2 Å². The molecule has 0 aliphatic carbocycles. The monoisotopic (exact) mass is 477 g/mol. The van der Waals surface area contributed by atoms with Crippen molar-refractivity contribution in [3.05, 3.63) is 60.9 Å². The van der Waals surface area contributed by atoms with Gasteiger partial charge in [0, 0.05) is 16.5 Å². The maximum Gasteiger partial charge on any atom is 0.144 e. The SMILES string of the molecule is N[C@@H](c1c(Br)cc(Br)c(O)c1Br)[C@H](O)Cc1ccccc1. The van der Waals surface area contributed by atoms with Crippen LogP contribution in [0.5, 0.6) is 5.75 Å². The van der Waals surface area contributed by atoms with Crippen LogP contribution in [0, 0.1) is 0 Å². The summed E-state index contributed by atoms with van der Waals surface area (Å²) in [5.74, 6) is 0.0653. The largest absolute Gasteiger partial charge is 0.506 e. The molecular weight excluding hydrogens is 466 g/mol. The van der Waals surface area contributed by atoms with Gasteiger partial charge in [0.25, 0.3) is 0 Å². The van der Waals surface area contributed by atoms with E-state index < -0.39 is 12.1 Å². The molecule has 2 aromatic carbocycles. The molecule has 2 atom stereocenters. The summed E-state index contributed by atoms with van der Waals surface area (Å²) >= 11 is 10.0. The van der Waals surface area contributed by atoms with Crippen molar-refractivity contribution in [1.82, 2.24) is 0 Å². The van der Waals surface area contributed by atoms with Crippen LogP contribution in [0.2, 0.25) is 0 Å². The first kappa shape index (κ1) is 17.0. The van der Waals surface area contributed by atoms with Crippen LogP contribution in [-0.4, -0.2) is 16.3 Å². The Kier molecular flexibility index (Phi) is 5.85. The van der Waals surface area contributed by atoms with E-state index in [2.05, 4.69) is 47.8 Å². The summed E-state index contributed by atoms with van der Waals surface area (Å²) in [4.78, 5) is 0. The Morgan fingerprint density at radius 3 is 2.29 bits per heavy atom. The second-order valence-corrected chi connectivity index (χ2v) is 7.20. The molecule has 112 valence electrons. The molecule has 0 spiro atoms. The van der Waals surface area contributed by atoms with Gasteiger partial charge in [-0.1, -0.05) is 46.3 Å². The number of hydrogen-bond donors (Lipinski definition) is 3. The number of hydrogen-bond acceptors (Lipinski definition) is 3. The zero-order valence-electron chi connectivity index (χ0n) is 10.9. The molecule has 0 saturated carbocycles. The Morgan fingerprint density at radius 2 is 1.67 bits per heavy atom. The fraction of sp³-hybridized carbons (Fsp3) is 0.200. The van der Waals surface area contributed by atoms with Crippen LogP contribution in [0.3, 0.4) is 0 Å². The van der Waals surface area contributed by atoms with Crippen LogP contribution >= 0.6 is 47.8 Å². The first-order valence-corrected chi connectivity index (χ1v) is 8.63. The maximum absolute atomic E-state index is 10.4. The molecule has 2 aromatic rings. The van der Waals surface area contributed by atoms with Gasteiger partial charge in [-0.3, -0.25) is 0 Å². The van der Waals surface area contributed by atoms with Crippen molar-refractivity contribution in [3.63, 3.8) is 0 Å². The van der Waals surface area contributed by atoms with Crippen molar-refractivity contribution in [3.8, 4) is 5.75 Å². The van der Waals surface area contributed by atoms with E-state index in [-0.39, 0.29) is 5.75 Å². The molecule has 2 rings (SSSR count). The molecule has 0 saturated heterocycles. The number of nitrogens with two attached hydrogens (primary N) is 1. The Hall–Kier alpha value is -0.400. The number of aromatic hydroxyl groups is 1. The van der Waals surface area contributed by atoms with Gasteiger partial charge >= 0.3 is 0 Å². The van der Waals surface area contributed by atoms with Crippen molar-refractivity contribution in [2.24, 2.45) is 5.73 Å². The molecule has 0 fully saturated rings. The number of phenolic OH excluding ortho intramolecular Hbond substituents is 1. The molecule has 6 heteroatoms. The Balaban J connectivity index is 2.28. The second-order valence-electron chi connectivity index (χ2n) is 4.70. The molecule has 0 heterocycles. The Labute approximate surface area is 148 Å². The third kappa shape index (κ3) is 3.87. The number of aliphatic hydroxyl groups excluding tert-OH is 1. The highest BCUT2D eigenvalue weighted by atomic mass is 79.9. The van der Waals surface area contributed by atoms with Crippen LogP contribution in [0.4, 0.5) is 0 Å². The minimum absolute atomic E-state index is 0.0653. The van der Waals surface area contributed by atoms with Crippen molar-refractivity contribution in [2.75, 3.05) is 0 Å².